The molecule has 1 aliphatic rings. The summed E-state index contributed by atoms with van der Waals surface area (Å²) in [7, 11) is 0. The molecule has 2 heterocycles. The molecule has 1 amide bonds. The molecule has 190 valence electrons. The van der Waals surface area contributed by atoms with Crippen molar-refractivity contribution in [3.05, 3.63) is 101 Å². The van der Waals surface area contributed by atoms with E-state index in [9.17, 15) is 4.79 Å². The van der Waals surface area contributed by atoms with Crippen LogP contribution in [0.1, 0.15) is 28.5 Å². The van der Waals surface area contributed by atoms with Gasteiger partial charge in [-0.3, -0.25) is 4.79 Å². The van der Waals surface area contributed by atoms with Crippen molar-refractivity contribution >= 4 is 23.2 Å². The van der Waals surface area contributed by atoms with Crippen LogP contribution in [0, 0.1) is 13.8 Å². The molecule has 0 atom stereocenters. The van der Waals surface area contributed by atoms with Crippen molar-refractivity contribution in [2.24, 2.45) is 0 Å². The minimum absolute atomic E-state index is 0.0674. The Balaban J connectivity index is 1.45. The van der Waals surface area contributed by atoms with E-state index in [0.29, 0.717) is 24.7 Å². The minimum atomic E-state index is 0.0674. The zero-order valence-corrected chi connectivity index (χ0v) is 22.3. The first-order valence-corrected chi connectivity index (χ1v) is 13.2. The van der Waals surface area contributed by atoms with E-state index >= 15 is 0 Å². The minimum Gasteiger partial charge on any atom is -0.492 e. The molecular formula is C31H32ClN3O2. The molecular weight excluding hydrogens is 482 g/mol. The number of nitrogens with zero attached hydrogens (tertiary/aromatic N) is 3. The van der Waals surface area contributed by atoms with Gasteiger partial charge in [-0.2, -0.15) is 0 Å². The summed E-state index contributed by atoms with van der Waals surface area (Å²) < 4.78 is 8.03. The fourth-order valence-electron chi connectivity index (χ4n) is 5.10. The molecule has 0 bridgehead atoms. The summed E-state index contributed by atoms with van der Waals surface area (Å²) in [5, 5.41) is 0.689. The third-order valence-electron chi connectivity index (χ3n) is 7.05. The van der Waals surface area contributed by atoms with Crippen LogP contribution in [0.4, 0.5) is 5.69 Å². The molecule has 3 aromatic carbocycles. The summed E-state index contributed by atoms with van der Waals surface area (Å²) in [4.78, 5) is 18.1. The van der Waals surface area contributed by atoms with Crippen molar-refractivity contribution in [1.29, 1.82) is 0 Å². The number of piperazine rings is 1. The van der Waals surface area contributed by atoms with Crippen molar-refractivity contribution < 1.29 is 9.53 Å². The largest absolute Gasteiger partial charge is 0.492 e. The Labute approximate surface area is 223 Å². The number of para-hydroxylation sites is 3. The molecule has 5 nitrogen and oxygen atoms in total. The Morgan fingerprint density at radius 1 is 0.865 bits per heavy atom. The summed E-state index contributed by atoms with van der Waals surface area (Å²) in [6.07, 6.45) is 0. The molecule has 1 fully saturated rings. The summed E-state index contributed by atoms with van der Waals surface area (Å²) >= 11 is 6.17. The first kappa shape index (κ1) is 25.0. The Bertz CT molecular complexity index is 1400. The van der Waals surface area contributed by atoms with Gasteiger partial charge < -0.3 is 19.1 Å². The van der Waals surface area contributed by atoms with Crippen LogP contribution in [-0.2, 0) is 0 Å². The van der Waals surface area contributed by atoms with Gasteiger partial charge in [0.2, 0.25) is 0 Å². The van der Waals surface area contributed by atoms with E-state index in [0.717, 1.165) is 58.3 Å². The van der Waals surface area contributed by atoms with Crippen LogP contribution < -0.4 is 9.64 Å². The van der Waals surface area contributed by atoms with E-state index in [-0.39, 0.29) is 5.91 Å². The molecule has 1 aliphatic heterocycles. The quantitative estimate of drug-likeness (QED) is 0.285. The van der Waals surface area contributed by atoms with Gasteiger partial charge in [0.15, 0.2) is 0 Å². The highest BCUT2D eigenvalue weighted by molar-refractivity contribution is 6.30. The molecule has 4 aromatic rings. The maximum absolute atomic E-state index is 13.8. The average Bonchev–Trinajstić information content (AvgIpc) is 3.26. The lowest BCUT2D eigenvalue weighted by Crippen LogP contribution is -2.49. The summed E-state index contributed by atoms with van der Waals surface area (Å²) in [6, 6.07) is 26.2. The number of aryl methyl sites for hydroxylation is 1. The Morgan fingerprint density at radius 2 is 1.51 bits per heavy atom. The standard InChI is InChI=1S/C31H32ClN3O2/c1-4-37-30-12-8-7-11-28(30)33-17-19-34(20-18-33)31(36)26-21-29(24-13-15-25(32)16-14-24)35(23(26)3)27-10-6-5-9-22(27)2/h5-16,21H,4,17-20H2,1-3H3. The van der Waals surface area contributed by atoms with E-state index < -0.39 is 0 Å². The Hall–Kier alpha value is -3.70. The number of anilines is 1. The molecule has 0 saturated carbocycles. The Morgan fingerprint density at radius 3 is 2.19 bits per heavy atom. The van der Waals surface area contributed by atoms with E-state index in [1.54, 1.807) is 0 Å². The summed E-state index contributed by atoms with van der Waals surface area (Å²) in [5.41, 5.74) is 6.98. The van der Waals surface area contributed by atoms with Gasteiger partial charge in [0, 0.05) is 42.6 Å². The average molecular weight is 514 g/mol. The van der Waals surface area contributed by atoms with Gasteiger partial charge in [-0.1, -0.05) is 54.1 Å². The molecule has 1 saturated heterocycles. The number of carbonyl (C=O) groups is 1. The van der Waals surface area contributed by atoms with Crippen molar-refractivity contribution in [2.75, 3.05) is 37.7 Å². The monoisotopic (exact) mass is 513 g/mol. The SMILES string of the molecule is CCOc1ccccc1N1CCN(C(=O)c2cc(-c3ccc(Cl)cc3)n(-c3ccccc3C)c2C)CC1. The molecule has 0 radical (unpaired) electrons. The number of carbonyl (C=O) groups excluding carboxylic acids is 1. The lowest BCUT2D eigenvalue weighted by molar-refractivity contribution is 0.0746. The molecule has 5 rings (SSSR count). The van der Waals surface area contributed by atoms with Crippen LogP contribution in [-0.4, -0.2) is 48.2 Å². The van der Waals surface area contributed by atoms with E-state index in [1.165, 1.54) is 0 Å². The molecule has 37 heavy (non-hydrogen) atoms. The predicted molar refractivity (Wildman–Crippen MR) is 151 cm³/mol. The van der Waals surface area contributed by atoms with Gasteiger partial charge in [0.05, 0.1) is 23.6 Å². The van der Waals surface area contributed by atoms with Gasteiger partial charge in [-0.25, -0.2) is 0 Å². The van der Waals surface area contributed by atoms with E-state index in [4.69, 9.17) is 16.3 Å². The highest BCUT2D eigenvalue weighted by atomic mass is 35.5. The third-order valence-corrected chi connectivity index (χ3v) is 7.30. The predicted octanol–water partition coefficient (Wildman–Crippen LogP) is 6.78. The maximum Gasteiger partial charge on any atom is 0.255 e. The number of amides is 1. The molecule has 1 aromatic heterocycles. The number of halogens is 1. The van der Waals surface area contributed by atoms with Crippen molar-refractivity contribution in [2.45, 2.75) is 20.8 Å². The van der Waals surface area contributed by atoms with Gasteiger partial charge in [-0.05, 0) is 68.3 Å². The highest BCUT2D eigenvalue weighted by Crippen LogP contribution is 2.33. The van der Waals surface area contributed by atoms with E-state index in [1.807, 2.05) is 79.4 Å². The Kier molecular flexibility index (Phi) is 7.24. The van der Waals surface area contributed by atoms with Crippen LogP contribution in [0.5, 0.6) is 5.75 Å². The van der Waals surface area contributed by atoms with Gasteiger partial charge in [0.1, 0.15) is 5.75 Å². The number of benzene rings is 3. The zero-order chi connectivity index (χ0) is 25.9. The van der Waals surface area contributed by atoms with Crippen LogP contribution >= 0.6 is 11.6 Å². The summed E-state index contributed by atoms with van der Waals surface area (Å²) in [6.45, 7) is 9.60. The second-order valence-electron chi connectivity index (χ2n) is 9.34. The second-order valence-corrected chi connectivity index (χ2v) is 9.77. The van der Waals surface area contributed by atoms with Gasteiger partial charge in [-0.15, -0.1) is 0 Å². The highest BCUT2D eigenvalue weighted by Gasteiger charge is 2.27. The van der Waals surface area contributed by atoms with E-state index in [2.05, 4.69) is 34.6 Å². The fraction of sp³-hybridized carbons (Fsp3) is 0.258. The van der Waals surface area contributed by atoms with Crippen LogP contribution in [0.25, 0.3) is 16.9 Å². The smallest absolute Gasteiger partial charge is 0.255 e. The number of hydrogen-bond donors (Lipinski definition) is 0. The lowest BCUT2D eigenvalue weighted by atomic mass is 10.1. The molecule has 0 spiro atoms. The van der Waals surface area contributed by atoms with Crippen molar-refractivity contribution in [3.8, 4) is 22.7 Å². The zero-order valence-electron chi connectivity index (χ0n) is 21.6. The first-order chi connectivity index (χ1) is 18.0. The normalized spacial score (nSPS) is 13.6. The number of ether oxygens (including phenoxy) is 1. The topological polar surface area (TPSA) is 37.7 Å². The number of aromatic nitrogens is 1. The fourth-order valence-corrected chi connectivity index (χ4v) is 5.22. The summed E-state index contributed by atoms with van der Waals surface area (Å²) in [5.74, 6) is 0.960. The molecule has 0 N–H and O–H groups in total. The maximum atomic E-state index is 13.8. The van der Waals surface area contributed by atoms with Gasteiger partial charge in [0.25, 0.3) is 5.91 Å². The number of rotatable bonds is 6. The number of hydrogen-bond acceptors (Lipinski definition) is 3. The molecule has 0 unspecified atom stereocenters. The van der Waals surface area contributed by atoms with Crippen LogP contribution in [0.3, 0.4) is 0 Å². The molecule has 6 heteroatoms. The second kappa shape index (κ2) is 10.7. The van der Waals surface area contributed by atoms with Crippen molar-refractivity contribution in [3.63, 3.8) is 0 Å². The van der Waals surface area contributed by atoms with Crippen LogP contribution in [0.2, 0.25) is 5.02 Å². The lowest BCUT2D eigenvalue weighted by Gasteiger charge is -2.36. The third kappa shape index (κ3) is 4.96. The van der Waals surface area contributed by atoms with Gasteiger partial charge >= 0.3 is 0 Å². The first-order valence-electron chi connectivity index (χ1n) is 12.8. The molecule has 0 aliphatic carbocycles. The van der Waals surface area contributed by atoms with Crippen LogP contribution in [0.15, 0.2) is 78.9 Å². The van der Waals surface area contributed by atoms with Crippen molar-refractivity contribution in [1.82, 2.24) is 9.47 Å².